The highest BCUT2D eigenvalue weighted by Gasteiger charge is 2.30. The molecule has 108 valence electrons. The quantitative estimate of drug-likeness (QED) is 0.902. The summed E-state index contributed by atoms with van der Waals surface area (Å²) in [6.07, 6.45) is 2.74. The summed E-state index contributed by atoms with van der Waals surface area (Å²) in [4.78, 5) is 30.2. The zero-order valence-corrected chi connectivity index (χ0v) is 12.0. The van der Waals surface area contributed by atoms with Crippen LogP contribution in [-0.2, 0) is 16.1 Å². The summed E-state index contributed by atoms with van der Waals surface area (Å²) >= 11 is 0. The third kappa shape index (κ3) is 3.79. The molecule has 1 aliphatic rings. The molecule has 1 aromatic rings. The van der Waals surface area contributed by atoms with E-state index >= 15 is 0 Å². The van der Waals surface area contributed by atoms with Crippen molar-refractivity contribution in [3.05, 3.63) is 30.1 Å². The number of aromatic nitrogens is 1. The predicted octanol–water partition coefficient (Wildman–Crippen LogP) is 1.34. The zero-order valence-electron chi connectivity index (χ0n) is 12.0. The Labute approximate surface area is 119 Å². The molecule has 2 heterocycles. The number of nitrogens with one attached hydrogen (secondary N) is 1. The molecule has 1 saturated heterocycles. The van der Waals surface area contributed by atoms with Gasteiger partial charge in [-0.1, -0.05) is 19.9 Å². The summed E-state index contributed by atoms with van der Waals surface area (Å²) in [5.41, 5.74) is 0.846. The first-order chi connectivity index (χ1) is 9.56. The van der Waals surface area contributed by atoms with Crippen LogP contribution in [0, 0.1) is 5.92 Å². The maximum Gasteiger partial charge on any atom is 0.245 e. The number of nitrogens with zero attached hydrogens (tertiary/aromatic N) is 2. The van der Waals surface area contributed by atoms with Crippen LogP contribution in [0.5, 0.6) is 0 Å². The largest absolute Gasteiger partial charge is 0.344 e. The third-order valence-corrected chi connectivity index (χ3v) is 3.34. The smallest absolute Gasteiger partial charge is 0.245 e. The molecule has 1 aliphatic heterocycles. The SMILES string of the molecule is CC(C)CC1NC(=O)CCN(Cc2ccccn2)C1=O. The van der Waals surface area contributed by atoms with Crippen LogP contribution in [0.1, 0.15) is 32.4 Å². The van der Waals surface area contributed by atoms with Gasteiger partial charge in [-0.15, -0.1) is 0 Å². The van der Waals surface area contributed by atoms with Crippen LogP contribution in [-0.4, -0.2) is 34.3 Å². The first-order valence-corrected chi connectivity index (χ1v) is 7.04. The highest BCUT2D eigenvalue weighted by molar-refractivity contribution is 5.89. The molecule has 1 unspecified atom stereocenters. The molecule has 2 amide bonds. The van der Waals surface area contributed by atoms with Gasteiger partial charge in [0.1, 0.15) is 6.04 Å². The lowest BCUT2D eigenvalue weighted by atomic mass is 10.0. The van der Waals surface area contributed by atoms with Crippen molar-refractivity contribution in [3.8, 4) is 0 Å². The minimum absolute atomic E-state index is 0.00444. The van der Waals surface area contributed by atoms with Crippen LogP contribution < -0.4 is 5.32 Å². The standard InChI is InChI=1S/C15H21N3O2/c1-11(2)9-13-15(20)18(8-6-14(19)17-13)10-12-5-3-4-7-16-12/h3-5,7,11,13H,6,8-10H2,1-2H3,(H,17,19). The molecule has 5 heteroatoms. The zero-order chi connectivity index (χ0) is 14.5. The van der Waals surface area contributed by atoms with Gasteiger partial charge in [0.05, 0.1) is 12.2 Å². The molecule has 0 bridgehead atoms. The second kappa shape index (κ2) is 6.50. The fourth-order valence-corrected chi connectivity index (χ4v) is 2.37. The van der Waals surface area contributed by atoms with Crippen molar-refractivity contribution in [2.45, 2.75) is 39.3 Å². The fraction of sp³-hybridized carbons (Fsp3) is 0.533. The molecule has 1 atom stereocenters. The summed E-state index contributed by atoms with van der Waals surface area (Å²) in [5, 5.41) is 2.83. The van der Waals surface area contributed by atoms with E-state index in [9.17, 15) is 9.59 Å². The lowest BCUT2D eigenvalue weighted by Gasteiger charge is -2.24. The van der Waals surface area contributed by atoms with Gasteiger partial charge >= 0.3 is 0 Å². The van der Waals surface area contributed by atoms with Gasteiger partial charge < -0.3 is 10.2 Å². The van der Waals surface area contributed by atoms with E-state index in [4.69, 9.17) is 0 Å². The highest BCUT2D eigenvalue weighted by Crippen LogP contribution is 2.13. The number of carbonyl (C=O) groups excluding carboxylic acids is 2. The highest BCUT2D eigenvalue weighted by atomic mass is 16.2. The minimum Gasteiger partial charge on any atom is -0.344 e. The summed E-state index contributed by atoms with van der Waals surface area (Å²) in [6.45, 7) is 5.01. The van der Waals surface area contributed by atoms with E-state index in [0.29, 0.717) is 31.8 Å². The third-order valence-electron chi connectivity index (χ3n) is 3.34. The van der Waals surface area contributed by atoms with Crippen LogP contribution in [0.25, 0.3) is 0 Å². The van der Waals surface area contributed by atoms with Gasteiger partial charge in [-0.25, -0.2) is 0 Å². The fourth-order valence-electron chi connectivity index (χ4n) is 2.37. The second-order valence-electron chi connectivity index (χ2n) is 5.58. The lowest BCUT2D eigenvalue weighted by Crippen LogP contribution is -2.45. The molecule has 0 radical (unpaired) electrons. The van der Waals surface area contributed by atoms with Gasteiger partial charge in [0.15, 0.2) is 0 Å². The van der Waals surface area contributed by atoms with Gasteiger partial charge in [0.2, 0.25) is 11.8 Å². The maximum atomic E-state index is 12.5. The van der Waals surface area contributed by atoms with Crippen LogP contribution >= 0.6 is 0 Å². The van der Waals surface area contributed by atoms with Crippen molar-refractivity contribution in [1.82, 2.24) is 15.2 Å². The molecule has 1 fully saturated rings. The van der Waals surface area contributed by atoms with Crippen LogP contribution in [0.3, 0.4) is 0 Å². The Kier molecular flexibility index (Phi) is 4.71. The van der Waals surface area contributed by atoms with E-state index < -0.39 is 6.04 Å². The van der Waals surface area contributed by atoms with E-state index in [2.05, 4.69) is 10.3 Å². The Bertz CT molecular complexity index is 473. The lowest BCUT2D eigenvalue weighted by molar-refractivity contribution is -0.134. The van der Waals surface area contributed by atoms with Gasteiger partial charge in [-0.05, 0) is 24.5 Å². The molecule has 5 nitrogen and oxygen atoms in total. The van der Waals surface area contributed by atoms with Crippen molar-refractivity contribution in [1.29, 1.82) is 0 Å². The molecule has 0 spiro atoms. The van der Waals surface area contributed by atoms with E-state index in [0.717, 1.165) is 5.69 Å². The van der Waals surface area contributed by atoms with Crippen molar-refractivity contribution < 1.29 is 9.59 Å². The molecule has 20 heavy (non-hydrogen) atoms. The number of carbonyl (C=O) groups is 2. The van der Waals surface area contributed by atoms with Crippen LogP contribution in [0.4, 0.5) is 0 Å². The minimum atomic E-state index is -0.409. The Hall–Kier alpha value is -1.91. The molecule has 0 aliphatic carbocycles. The molecular weight excluding hydrogens is 254 g/mol. The van der Waals surface area contributed by atoms with Gasteiger partial charge in [-0.2, -0.15) is 0 Å². The number of amides is 2. The summed E-state index contributed by atoms with van der Waals surface area (Å²) in [5.74, 6) is 0.307. The van der Waals surface area contributed by atoms with Crippen molar-refractivity contribution >= 4 is 11.8 Å². The molecule has 1 N–H and O–H groups in total. The molecule has 0 saturated carbocycles. The number of hydrogen-bond acceptors (Lipinski definition) is 3. The number of pyridine rings is 1. The van der Waals surface area contributed by atoms with E-state index in [1.807, 2.05) is 32.0 Å². The average molecular weight is 275 g/mol. The Balaban J connectivity index is 2.11. The summed E-state index contributed by atoms with van der Waals surface area (Å²) in [6, 6.07) is 5.24. The van der Waals surface area contributed by atoms with Gasteiger partial charge in [0, 0.05) is 19.2 Å². The van der Waals surface area contributed by atoms with Gasteiger partial charge in [0.25, 0.3) is 0 Å². The number of hydrogen-bond donors (Lipinski definition) is 1. The first-order valence-electron chi connectivity index (χ1n) is 7.04. The van der Waals surface area contributed by atoms with Gasteiger partial charge in [-0.3, -0.25) is 14.6 Å². The Morgan fingerprint density at radius 2 is 2.20 bits per heavy atom. The Morgan fingerprint density at radius 3 is 2.85 bits per heavy atom. The maximum absolute atomic E-state index is 12.5. The number of rotatable bonds is 4. The second-order valence-corrected chi connectivity index (χ2v) is 5.58. The van der Waals surface area contributed by atoms with Crippen LogP contribution in [0.15, 0.2) is 24.4 Å². The average Bonchev–Trinajstić information content (AvgIpc) is 2.53. The molecule has 0 aromatic carbocycles. The Morgan fingerprint density at radius 1 is 1.40 bits per heavy atom. The molecular formula is C15H21N3O2. The summed E-state index contributed by atoms with van der Waals surface area (Å²) < 4.78 is 0. The first kappa shape index (κ1) is 14.5. The normalized spacial score (nSPS) is 19.9. The molecule has 1 aromatic heterocycles. The van der Waals surface area contributed by atoms with Crippen molar-refractivity contribution in [3.63, 3.8) is 0 Å². The monoisotopic (exact) mass is 275 g/mol. The topological polar surface area (TPSA) is 62.3 Å². The van der Waals surface area contributed by atoms with E-state index in [1.165, 1.54) is 0 Å². The summed E-state index contributed by atoms with van der Waals surface area (Å²) in [7, 11) is 0. The van der Waals surface area contributed by atoms with E-state index in [-0.39, 0.29) is 11.8 Å². The predicted molar refractivity (Wildman–Crippen MR) is 75.7 cm³/mol. The van der Waals surface area contributed by atoms with E-state index in [1.54, 1.807) is 11.1 Å². The van der Waals surface area contributed by atoms with Crippen molar-refractivity contribution in [2.24, 2.45) is 5.92 Å². The van der Waals surface area contributed by atoms with Crippen LogP contribution in [0.2, 0.25) is 0 Å². The van der Waals surface area contributed by atoms with Crippen molar-refractivity contribution in [2.75, 3.05) is 6.54 Å². The molecule has 2 rings (SSSR count).